The van der Waals surface area contributed by atoms with Gasteiger partial charge in [-0.05, 0) is 43.5 Å². The van der Waals surface area contributed by atoms with Crippen LogP contribution in [0.25, 0.3) is 0 Å². The van der Waals surface area contributed by atoms with Crippen molar-refractivity contribution in [1.29, 1.82) is 0 Å². The molecule has 0 radical (unpaired) electrons. The highest BCUT2D eigenvalue weighted by atomic mass is 16.5. The minimum absolute atomic E-state index is 0.386. The fourth-order valence-corrected chi connectivity index (χ4v) is 2.39. The summed E-state index contributed by atoms with van der Waals surface area (Å²) >= 11 is 0. The molecule has 23 heavy (non-hydrogen) atoms. The Morgan fingerprint density at radius 1 is 1.13 bits per heavy atom. The zero-order valence-electron chi connectivity index (χ0n) is 14.1. The zero-order valence-corrected chi connectivity index (χ0v) is 14.1. The molecule has 0 saturated carbocycles. The molecular weight excluding hydrogens is 290 g/mol. The van der Waals surface area contributed by atoms with Gasteiger partial charge < -0.3 is 9.47 Å². The van der Waals surface area contributed by atoms with Crippen molar-refractivity contribution in [3.05, 3.63) is 58.7 Å². The van der Waals surface area contributed by atoms with Gasteiger partial charge in [0.1, 0.15) is 12.4 Å². The Morgan fingerprint density at radius 3 is 2.57 bits per heavy atom. The van der Waals surface area contributed by atoms with Crippen LogP contribution in [0.15, 0.2) is 36.4 Å². The molecule has 0 aromatic heterocycles. The molecule has 0 atom stereocenters. The normalized spacial score (nSPS) is 10.3. The molecular formula is C19H23NO3. The van der Waals surface area contributed by atoms with Crippen LogP contribution < -0.4 is 10.1 Å². The number of rotatable bonds is 5. The second kappa shape index (κ2) is 7.68. The third-order valence-corrected chi connectivity index (χ3v) is 3.71. The summed E-state index contributed by atoms with van der Waals surface area (Å²) in [7, 11) is 1.35. The molecule has 0 spiro atoms. The number of amides is 1. The molecule has 2 aromatic carbocycles. The number of hydrogen-bond acceptors (Lipinski definition) is 3. The van der Waals surface area contributed by atoms with E-state index in [-0.39, 0.29) is 0 Å². The smallest absolute Gasteiger partial charge is 0.411 e. The molecule has 2 rings (SSSR count). The lowest BCUT2D eigenvalue weighted by molar-refractivity contribution is 0.187. The van der Waals surface area contributed by atoms with E-state index < -0.39 is 6.09 Å². The van der Waals surface area contributed by atoms with Gasteiger partial charge in [0.25, 0.3) is 0 Å². The van der Waals surface area contributed by atoms with Gasteiger partial charge in [0.2, 0.25) is 0 Å². The largest absolute Gasteiger partial charge is 0.489 e. The van der Waals surface area contributed by atoms with Gasteiger partial charge >= 0.3 is 6.09 Å². The highest BCUT2D eigenvalue weighted by molar-refractivity contribution is 5.85. The number of carbonyl (C=O) groups is 1. The first-order chi connectivity index (χ1) is 11.0. The lowest BCUT2D eigenvalue weighted by Crippen LogP contribution is -2.13. The Balaban J connectivity index is 2.20. The van der Waals surface area contributed by atoms with Crippen LogP contribution in [0.2, 0.25) is 0 Å². The van der Waals surface area contributed by atoms with Crippen LogP contribution in [-0.2, 0) is 17.8 Å². The van der Waals surface area contributed by atoms with Crippen LogP contribution in [0.1, 0.15) is 29.2 Å². The van der Waals surface area contributed by atoms with Crippen LogP contribution in [0.4, 0.5) is 10.5 Å². The van der Waals surface area contributed by atoms with Crippen molar-refractivity contribution in [2.75, 3.05) is 12.4 Å². The number of aryl methyl sites for hydroxylation is 3. The Hall–Kier alpha value is -2.49. The van der Waals surface area contributed by atoms with Gasteiger partial charge in [-0.2, -0.15) is 0 Å². The maximum absolute atomic E-state index is 11.5. The lowest BCUT2D eigenvalue weighted by atomic mass is 10.1. The van der Waals surface area contributed by atoms with Crippen molar-refractivity contribution in [3.63, 3.8) is 0 Å². The van der Waals surface area contributed by atoms with E-state index in [1.165, 1.54) is 18.2 Å². The zero-order chi connectivity index (χ0) is 16.8. The molecule has 0 aliphatic rings. The van der Waals surface area contributed by atoms with Crippen molar-refractivity contribution in [1.82, 2.24) is 0 Å². The van der Waals surface area contributed by atoms with Crippen molar-refractivity contribution >= 4 is 11.8 Å². The second-order valence-electron chi connectivity index (χ2n) is 5.52. The van der Waals surface area contributed by atoms with Crippen LogP contribution in [0.5, 0.6) is 5.75 Å². The molecule has 1 N–H and O–H groups in total. The van der Waals surface area contributed by atoms with Crippen LogP contribution in [-0.4, -0.2) is 13.2 Å². The molecule has 0 bridgehead atoms. The molecule has 0 fully saturated rings. The number of carbonyl (C=O) groups excluding carboxylic acids is 1. The third-order valence-electron chi connectivity index (χ3n) is 3.71. The molecule has 122 valence electrons. The number of methoxy groups -OCH3 is 1. The van der Waals surface area contributed by atoms with Gasteiger partial charge in [0.05, 0.1) is 12.8 Å². The first-order valence-electron chi connectivity index (χ1n) is 7.70. The summed E-state index contributed by atoms with van der Waals surface area (Å²) in [5, 5.41) is 2.73. The minimum Gasteiger partial charge on any atom is -0.489 e. The maximum Gasteiger partial charge on any atom is 0.411 e. The summed E-state index contributed by atoms with van der Waals surface area (Å²) in [6.07, 6.45) is 0.441. The molecule has 0 saturated heterocycles. The topological polar surface area (TPSA) is 47.6 Å². The molecule has 1 amide bonds. The standard InChI is InChI=1S/C19H23NO3/c1-5-15-7-8-17(20-19(21)22-4)16(11-15)12-23-18-9-6-13(2)10-14(18)3/h6-11H,5,12H2,1-4H3,(H,20,21). The van der Waals surface area contributed by atoms with E-state index in [9.17, 15) is 4.79 Å². The molecule has 4 nitrogen and oxygen atoms in total. The van der Waals surface area contributed by atoms with Crippen LogP contribution in [0, 0.1) is 13.8 Å². The van der Waals surface area contributed by atoms with Gasteiger partial charge in [-0.15, -0.1) is 0 Å². The average molecular weight is 313 g/mol. The predicted molar refractivity (Wildman–Crippen MR) is 92.1 cm³/mol. The first kappa shape index (κ1) is 16.9. The van der Waals surface area contributed by atoms with E-state index in [1.807, 2.05) is 31.2 Å². The SMILES string of the molecule is CCc1ccc(NC(=O)OC)c(COc2ccc(C)cc2C)c1. The summed E-state index contributed by atoms with van der Waals surface area (Å²) in [6.45, 7) is 6.56. The van der Waals surface area contributed by atoms with E-state index in [0.717, 1.165) is 23.3 Å². The molecule has 0 heterocycles. The molecule has 4 heteroatoms. The molecule has 2 aromatic rings. The quantitative estimate of drug-likeness (QED) is 0.876. The van der Waals surface area contributed by atoms with Gasteiger partial charge in [0, 0.05) is 5.56 Å². The van der Waals surface area contributed by atoms with Gasteiger partial charge in [-0.3, -0.25) is 5.32 Å². The lowest BCUT2D eigenvalue weighted by Gasteiger charge is -2.14. The number of ether oxygens (including phenoxy) is 2. The van der Waals surface area contributed by atoms with Crippen molar-refractivity contribution in [2.45, 2.75) is 33.8 Å². The highest BCUT2D eigenvalue weighted by Crippen LogP contribution is 2.23. The monoisotopic (exact) mass is 313 g/mol. The molecule has 0 aliphatic carbocycles. The summed E-state index contributed by atoms with van der Waals surface area (Å²) in [6, 6.07) is 12.0. The van der Waals surface area contributed by atoms with E-state index in [0.29, 0.717) is 12.3 Å². The summed E-state index contributed by atoms with van der Waals surface area (Å²) in [5.74, 6) is 0.849. The Kier molecular flexibility index (Phi) is 5.63. The molecule has 0 aliphatic heterocycles. The minimum atomic E-state index is -0.484. The summed E-state index contributed by atoms with van der Waals surface area (Å²) in [4.78, 5) is 11.5. The fourth-order valence-electron chi connectivity index (χ4n) is 2.39. The fraction of sp³-hybridized carbons (Fsp3) is 0.316. The second-order valence-corrected chi connectivity index (χ2v) is 5.52. The van der Waals surface area contributed by atoms with E-state index in [1.54, 1.807) is 0 Å². The van der Waals surface area contributed by atoms with Crippen molar-refractivity contribution in [3.8, 4) is 5.75 Å². The number of hydrogen-bond donors (Lipinski definition) is 1. The molecule has 0 unspecified atom stereocenters. The first-order valence-corrected chi connectivity index (χ1v) is 7.70. The highest BCUT2D eigenvalue weighted by Gasteiger charge is 2.09. The van der Waals surface area contributed by atoms with Gasteiger partial charge in [-0.1, -0.05) is 36.8 Å². The van der Waals surface area contributed by atoms with Crippen LogP contribution >= 0.6 is 0 Å². The number of nitrogens with one attached hydrogen (secondary N) is 1. The van der Waals surface area contributed by atoms with E-state index in [2.05, 4.69) is 36.0 Å². The predicted octanol–water partition coefficient (Wildman–Crippen LogP) is 4.62. The van der Waals surface area contributed by atoms with E-state index in [4.69, 9.17) is 4.74 Å². The van der Waals surface area contributed by atoms with Gasteiger partial charge in [-0.25, -0.2) is 4.79 Å². The van der Waals surface area contributed by atoms with E-state index >= 15 is 0 Å². The number of anilines is 1. The maximum atomic E-state index is 11.5. The van der Waals surface area contributed by atoms with Crippen LogP contribution in [0.3, 0.4) is 0 Å². The summed E-state index contributed by atoms with van der Waals surface area (Å²) in [5.41, 5.74) is 5.13. The average Bonchev–Trinajstić information content (AvgIpc) is 2.55. The Bertz CT molecular complexity index is 695. The summed E-state index contributed by atoms with van der Waals surface area (Å²) < 4.78 is 10.6. The third kappa shape index (κ3) is 4.49. The van der Waals surface area contributed by atoms with Crippen molar-refractivity contribution in [2.24, 2.45) is 0 Å². The van der Waals surface area contributed by atoms with Gasteiger partial charge in [0.15, 0.2) is 0 Å². The Labute approximate surface area is 137 Å². The number of benzene rings is 2. The Morgan fingerprint density at radius 2 is 1.91 bits per heavy atom. The van der Waals surface area contributed by atoms with Crippen molar-refractivity contribution < 1.29 is 14.3 Å².